The van der Waals surface area contributed by atoms with Gasteiger partial charge < -0.3 is 5.73 Å². The molecule has 2 aromatic rings. The quantitative estimate of drug-likeness (QED) is 0.940. The van der Waals surface area contributed by atoms with Crippen LogP contribution in [0.15, 0.2) is 34.8 Å². The Bertz CT molecular complexity index is 436. The smallest absolute Gasteiger partial charge is 0.0843 e. The number of rotatable bonds is 3. The van der Waals surface area contributed by atoms with E-state index in [4.69, 9.17) is 5.73 Å². The highest BCUT2D eigenvalue weighted by atomic mass is 79.9. The van der Waals surface area contributed by atoms with Crippen molar-refractivity contribution < 1.29 is 0 Å². The predicted molar refractivity (Wildman–Crippen MR) is 68.0 cm³/mol. The first kappa shape index (κ1) is 10.8. The molecule has 0 unspecified atom stereocenters. The van der Waals surface area contributed by atoms with E-state index in [0.29, 0.717) is 6.54 Å². The SMILES string of the molecule is NCCc1cc(-c2ccc(Br)cc2)ns1. The van der Waals surface area contributed by atoms with Gasteiger partial charge in [0.2, 0.25) is 0 Å². The molecule has 15 heavy (non-hydrogen) atoms. The Labute approximate surface area is 101 Å². The zero-order valence-electron chi connectivity index (χ0n) is 8.11. The summed E-state index contributed by atoms with van der Waals surface area (Å²) < 4.78 is 5.49. The van der Waals surface area contributed by atoms with Gasteiger partial charge in [-0.3, -0.25) is 0 Å². The van der Waals surface area contributed by atoms with Gasteiger partial charge in [0.1, 0.15) is 0 Å². The summed E-state index contributed by atoms with van der Waals surface area (Å²) in [6, 6.07) is 10.3. The van der Waals surface area contributed by atoms with E-state index in [2.05, 4.69) is 38.5 Å². The van der Waals surface area contributed by atoms with Crippen molar-refractivity contribution in [2.75, 3.05) is 6.54 Å². The summed E-state index contributed by atoms with van der Waals surface area (Å²) in [4.78, 5) is 1.25. The first-order chi connectivity index (χ1) is 7.29. The highest BCUT2D eigenvalue weighted by molar-refractivity contribution is 9.10. The summed E-state index contributed by atoms with van der Waals surface area (Å²) in [5.74, 6) is 0. The average Bonchev–Trinajstić information content (AvgIpc) is 2.68. The van der Waals surface area contributed by atoms with Crippen LogP contribution in [0.4, 0.5) is 0 Å². The van der Waals surface area contributed by atoms with Gasteiger partial charge >= 0.3 is 0 Å². The predicted octanol–water partition coefficient (Wildman–Crippen LogP) is 3.07. The maximum absolute atomic E-state index is 5.50. The van der Waals surface area contributed by atoms with E-state index in [1.54, 1.807) is 0 Å². The lowest BCUT2D eigenvalue weighted by Crippen LogP contribution is -2.00. The minimum Gasteiger partial charge on any atom is -0.330 e. The molecular weight excluding hydrogens is 272 g/mol. The Kier molecular flexibility index (Phi) is 3.51. The minimum atomic E-state index is 0.683. The Morgan fingerprint density at radius 3 is 2.67 bits per heavy atom. The van der Waals surface area contributed by atoms with E-state index in [0.717, 1.165) is 22.2 Å². The molecule has 0 atom stereocenters. The molecule has 0 fully saturated rings. The van der Waals surface area contributed by atoms with Crippen molar-refractivity contribution in [2.24, 2.45) is 5.73 Å². The zero-order chi connectivity index (χ0) is 10.7. The fraction of sp³-hybridized carbons (Fsp3) is 0.182. The molecule has 0 aliphatic rings. The third-order valence-electron chi connectivity index (χ3n) is 2.09. The van der Waals surface area contributed by atoms with Crippen LogP contribution in [-0.4, -0.2) is 10.9 Å². The molecule has 0 bridgehead atoms. The molecule has 0 saturated carbocycles. The Morgan fingerprint density at radius 2 is 2.00 bits per heavy atom. The molecule has 1 aromatic heterocycles. The maximum Gasteiger partial charge on any atom is 0.0843 e. The van der Waals surface area contributed by atoms with Crippen molar-refractivity contribution in [1.82, 2.24) is 4.37 Å². The first-order valence-corrected chi connectivity index (χ1v) is 6.28. The highest BCUT2D eigenvalue weighted by Crippen LogP contribution is 2.23. The van der Waals surface area contributed by atoms with Crippen molar-refractivity contribution in [2.45, 2.75) is 6.42 Å². The topological polar surface area (TPSA) is 38.9 Å². The van der Waals surface area contributed by atoms with Crippen molar-refractivity contribution >= 4 is 27.5 Å². The van der Waals surface area contributed by atoms with Crippen LogP contribution in [0.5, 0.6) is 0 Å². The second kappa shape index (κ2) is 4.88. The van der Waals surface area contributed by atoms with Crippen LogP contribution in [0.3, 0.4) is 0 Å². The number of nitrogens with two attached hydrogens (primary N) is 1. The van der Waals surface area contributed by atoms with Crippen LogP contribution < -0.4 is 5.73 Å². The summed E-state index contributed by atoms with van der Waals surface area (Å²) in [6.45, 7) is 0.683. The van der Waals surface area contributed by atoms with E-state index in [1.165, 1.54) is 16.4 Å². The minimum absolute atomic E-state index is 0.683. The number of aromatic nitrogens is 1. The number of halogens is 1. The molecular formula is C11H11BrN2S. The lowest BCUT2D eigenvalue weighted by atomic mass is 10.1. The van der Waals surface area contributed by atoms with Crippen LogP contribution >= 0.6 is 27.5 Å². The molecule has 4 heteroatoms. The molecule has 1 aromatic carbocycles. The number of hydrogen-bond acceptors (Lipinski definition) is 3. The van der Waals surface area contributed by atoms with E-state index < -0.39 is 0 Å². The Balaban J connectivity index is 2.25. The van der Waals surface area contributed by atoms with Gasteiger partial charge in [0.25, 0.3) is 0 Å². The fourth-order valence-corrected chi connectivity index (χ4v) is 2.34. The molecule has 1 heterocycles. The van der Waals surface area contributed by atoms with E-state index in [1.807, 2.05) is 12.1 Å². The number of nitrogens with zero attached hydrogens (tertiary/aromatic N) is 1. The van der Waals surface area contributed by atoms with E-state index >= 15 is 0 Å². The summed E-state index contributed by atoms with van der Waals surface area (Å²) in [5.41, 5.74) is 7.69. The Morgan fingerprint density at radius 1 is 1.27 bits per heavy atom. The van der Waals surface area contributed by atoms with Gasteiger partial charge in [0, 0.05) is 14.9 Å². The first-order valence-electron chi connectivity index (χ1n) is 4.71. The molecule has 0 radical (unpaired) electrons. The van der Waals surface area contributed by atoms with Crippen molar-refractivity contribution in [3.05, 3.63) is 39.7 Å². The summed E-state index contributed by atoms with van der Waals surface area (Å²) in [6.07, 6.45) is 0.911. The van der Waals surface area contributed by atoms with Crippen LogP contribution in [0.25, 0.3) is 11.3 Å². The number of benzene rings is 1. The third-order valence-corrected chi connectivity index (χ3v) is 3.46. The third kappa shape index (κ3) is 2.65. The second-order valence-electron chi connectivity index (χ2n) is 3.22. The normalized spacial score (nSPS) is 10.5. The van der Waals surface area contributed by atoms with Crippen LogP contribution in [-0.2, 0) is 6.42 Å². The highest BCUT2D eigenvalue weighted by Gasteiger charge is 2.03. The van der Waals surface area contributed by atoms with Crippen molar-refractivity contribution in [3.63, 3.8) is 0 Å². The largest absolute Gasteiger partial charge is 0.330 e. The van der Waals surface area contributed by atoms with E-state index in [-0.39, 0.29) is 0 Å². The molecule has 0 spiro atoms. The monoisotopic (exact) mass is 282 g/mol. The summed E-state index contributed by atoms with van der Waals surface area (Å²) in [7, 11) is 0. The van der Waals surface area contributed by atoms with Crippen molar-refractivity contribution in [1.29, 1.82) is 0 Å². The molecule has 2 N–H and O–H groups in total. The maximum atomic E-state index is 5.50. The van der Waals surface area contributed by atoms with Gasteiger partial charge in [-0.2, -0.15) is 4.37 Å². The lowest BCUT2D eigenvalue weighted by molar-refractivity contribution is 0.989. The Hall–Kier alpha value is -0.710. The molecule has 78 valence electrons. The molecule has 0 amide bonds. The van der Waals surface area contributed by atoms with Gasteiger partial charge in [-0.15, -0.1) is 0 Å². The number of hydrogen-bond donors (Lipinski definition) is 1. The molecule has 0 saturated heterocycles. The second-order valence-corrected chi connectivity index (χ2v) is 5.03. The van der Waals surface area contributed by atoms with Crippen LogP contribution in [0.1, 0.15) is 4.88 Å². The van der Waals surface area contributed by atoms with Crippen molar-refractivity contribution in [3.8, 4) is 11.3 Å². The molecule has 0 aliphatic carbocycles. The zero-order valence-corrected chi connectivity index (χ0v) is 10.5. The van der Waals surface area contributed by atoms with Crippen LogP contribution in [0, 0.1) is 0 Å². The molecule has 2 nitrogen and oxygen atoms in total. The summed E-state index contributed by atoms with van der Waals surface area (Å²) in [5, 5.41) is 0. The van der Waals surface area contributed by atoms with Gasteiger partial charge in [0.05, 0.1) is 5.69 Å². The fourth-order valence-electron chi connectivity index (χ4n) is 1.33. The molecule has 2 rings (SSSR count). The lowest BCUT2D eigenvalue weighted by Gasteiger charge is -1.95. The van der Waals surface area contributed by atoms with Gasteiger partial charge in [-0.05, 0) is 42.7 Å². The van der Waals surface area contributed by atoms with Gasteiger partial charge in [0.15, 0.2) is 0 Å². The van der Waals surface area contributed by atoms with E-state index in [9.17, 15) is 0 Å². The molecule has 0 aliphatic heterocycles. The van der Waals surface area contributed by atoms with Gasteiger partial charge in [-0.25, -0.2) is 0 Å². The summed E-state index contributed by atoms with van der Waals surface area (Å²) >= 11 is 4.95. The van der Waals surface area contributed by atoms with Crippen LogP contribution in [0.2, 0.25) is 0 Å². The average molecular weight is 283 g/mol. The van der Waals surface area contributed by atoms with Gasteiger partial charge in [-0.1, -0.05) is 28.1 Å². The standard InChI is InChI=1S/C11H11BrN2S/c12-9-3-1-8(2-4-9)11-7-10(5-6-13)15-14-11/h1-4,7H,5-6,13H2.